The van der Waals surface area contributed by atoms with Crippen LogP contribution in [0, 0.1) is 0 Å². The molecule has 1 aromatic carbocycles. The fraction of sp³-hybridized carbons (Fsp3) is 0.360. The van der Waals surface area contributed by atoms with Crippen LogP contribution < -0.4 is 10.8 Å². The Hall–Kier alpha value is -2.28. The van der Waals surface area contributed by atoms with Gasteiger partial charge in [-0.3, -0.25) is 4.79 Å². The largest absolute Gasteiger partial charge is 0.489 e. The van der Waals surface area contributed by atoms with Gasteiger partial charge in [0.25, 0.3) is 0 Å². The molecule has 4 aromatic rings. The minimum absolute atomic E-state index is 0.00406. The van der Waals surface area contributed by atoms with Gasteiger partial charge >= 0.3 is 7.12 Å². The number of rotatable bonds is 10. The smallest absolute Gasteiger partial charge is 0.423 e. The van der Waals surface area contributed by atoms with E-state index < -0.39 is 15.2 Å². The molecule has 0 saturated heterocycles. The number of aromatic nitrogens is 2. The molecule has 0 radical (unpaired) electrons. The first kappa shape index (κ1) is 28.3. The average molecular weight is 544 g/mol. The van der Waals surface area contributed by atoms with E-state index in [1.807, 2.05) is 17.7 Å². The molecule has 0 aliphatic heterocycles. The average Bonchev–Trinajstić information content (AvgIpc) is 3.58. The molecule has 0 spiro atoms. The number of ether oxygens (including phenoxy) is 1. The predicted molar refractivity (Wildman–Crippen MR) is 155 cm³/mol. The first-order valence-corrected chi connectivity index (χ1v) is 17.6. The third-order valence-electron chi connectivity index (χ3n) is 5.39. The fourth-order valence-electron chi connectivity index (χ4n) is 3.35. The summed E-state index contributed by atoms with van der Waals surface area (Å²) in [6.07, 6.45) is 1.31. The maximum atomic E-state index is 12.1. The van der Waals surface area contributed by atoms with Crippen molar-refractivity contribution in [2.24, 2.45) is 0 Å². The zero-order valence-corrected chi connectivity index (χ0v) is 23.9. The van der Waals surface area contributed by atoms with Crippen molar-refractivity contribution in [3.8, 4) is 11.1 Å². The number of hydrogen-bond acceptors (Lipinski definition) is 7. The Morgan fingerprint density at radius 2 is 1.86 bits per heavy atom. The van der Waals surface area contributed by atoms with Crippen LogP contribution in [0.1, 0.15) is 19.8 Å². The summed E-state index contributed by atoms with van der Waals surface area (Å²) in [6.45, 7) is 10.1. The van der Waals surface area contributed by atoms with Crippen LogP contribution in [0.3, 0.4) is 0 Å². The van der Waals surface area contributed by atoms with Gasteiger partial charge in [0.15, 0.2) is 5.82 Å². The summed E-state index contributed by atoms with van der Waals surface area (Å²) in [7, 11) is -2.44. The first-order valence-electron chi connectivity index (χ1n) is 12.0. The number of thiophene rings is 2. The van der Waals surface area contributed by atoms with Gasteiger partial charge in [-0.05, 0) is 68.8 Å². The van der Waals surface area contributed by atoms with Gasteiger partial charge < -0.3 is 20.1 Å². The van der Waals surface area contributed by atoms with Crippen LogP contribution in [0.4, 0.5) is 5.82 Å². The number of carbonyl (C=O) groups excluding carboxylic acids is 1. The molecule has 3 aromatic heterocycles. The predicted octanol–water partition coefficient (Wildman–Crippen LogP) is 5.24. The summed E-state index contributed by atoms with van der Waals surface area (Å²) in [5, 5.41) is 33.2. The Kier molecular flexibility index (Phi) is 10.5. The molecule has 1 amide bonds. The third-order valence-corrected chi connectivity index (χ3v) is 8.48. The van der Waals surface area contributed by atoms with E-state index in [-0.39, 0.29) is 5.91 Å². The molecule has 7 nitrogen and oxygen atoms in total. The second-order valence-corrected chi connectivity index (χ2v) is 16.9. The Morgan fingerprint density at radius 1 is 1.11 bits per heavy atom. The number of nitrogens with one attached hydrogen (secondary N) is 1. The first-order chi connectivity index (χ1) is 17.2. The van der Waals surface area contributed by atoms with Crippen molar-refractivity contribution in [2.45, 2.75) is 52.2 Å². The molecule has 0 aliphatic carbocycles. The van der Waals surface area contributed by atoms with E-state index >= 15 is 0 Å². The van der Waals surface area contributed by atoms with E-state index in [1.165, 1.54) is 16.9 Å². The summed E-state index contributed by atoms with van der Waals surface area (Å²) in [5.41, 5.74) is 3.87. The van der Waals surface area contributed by atoms with E-state index in [0.717, 1.165) is 35.5 Å². The highest BCUT2D eigenvalue weighted by molar-refractivity contribution is 7.09. The lowest BCUT2D eigenvalue weighted by Crippen LogP contribution is -2.27. The highest BCUT2D eigenvalue weighted by atomic mass is 32.1. The van der Waals surface area contributed by atoms with Crippen LogP contribution >= 0.6 is 22.7 Å². The third kappa shape index (κ3) is 8.39. The number of benzene rings is 1. The normalized spacial score (nSPS) is 11.3. The van der Waals surface area contributed by atoms with Crippen molar-refractivity contribution < 1.29 is 19.6 Å². The Morgan fingerprint density at radius 3 is 2.44 bits per heavy atom. The van der Waals surface area contributed by atoms with Gasteiger partial charge in [0, 0.05) is 26.5 Å². The van der Waals surface area contributed by atoms with Gasteiger partial charge in [0.1, 0.15) is 6.73 Å². The molecule has 192 valence electrons. The SMILES string of the molecule is CCCC(=O)Nc1nn(COCC[Si](C)(C)C)c2cc(-c3ccsc3)ccc12.OB(O)c1ccsc1. The number of anilines is 1. The lowest BCUT2D eigenvalue weighted by atomic mass is 9.83. The Labute approximate surface area is 221 Å². The van der Waals surface area contributed by atoms with Crippen LogP contribution in [0.15, 0.2) is 51.9 Å². The van der Waals surface area contributed by atoms with E-state index in [0.29, 0.717) is 24.4 Å². The second kappa shape index (κ2) is 13.3. The van der Waals surface area contributed by atoms with Crippen molar-refractivity contribution in [1.82, 2.24) is 9.78 Å². The van der Waals surface area contributed by atoms with Crippen molar-refractivity contribution in [2.75, 3.05) is 11.9 Å². The number of nitrogens with zero attached hydrogens (tertiary/aromatic N) is 2. The van der Waals surface area contributed by atoms with Gasteiger partial charge in [-0.25, -0.2) is 4.68 Å². The lowest BCUT2D eigenvalue weighted by molar-refractivity contribution is -0.116. The molecule has 3 heterocycles. The maximum Gasteiger partial charge on any atom is 0.489 e. The van der Waals surface area contributed by atoms with Gasteiger partial charge in [-0.15, -0.1) is 0 Å². The fourth-order valence-corrected chi connectivity index (χ4v) is 5.44. The van der Waals surface area contributed by atoms with Crippen molar-refractivity contribution in [1.29, 1.82) is 0 Å². The molecule has 0 unspecified atom stereocenters. The van der Waals surface area contributed by atoms with E-state index in [2.05, 4.69) is 59.0 Å². The zero-order chi connectivity index (χ0) is 26.1. The molecule has 0 fully saturated rings. The van der Waals surface area contributed by atoms with Crippen molar-refractivity contribution >= 4 is 66.0 Å². The maximum absolute atomic E-state index is 12.1. The topological polar surface area (TPSA) is 96.6 Å². The van der Waals surface area contributed by atoms with Gasteiger partial charge in [-0.1, -0.05) is 38.7 Å². The molecule has 4 rings (SSSR count). The zero-order valence-electron chi connectivity index (χ0n) is 21.2. The van der Waals surface area contributed by atoms with Gasteiger partial charge in [-0.2, -0.15) is 27.8 Å². The van der Waals surface area contributed by atoms with Crippen LogP contribution in [-0.2, 0) is 16.3 Å². The van der Waals surface area contributed by atoms with E-state index in [4.69, 9.17) is 14.8 Å². The molecule has 0 aliphatic rings. The van der Waals surface area contributed by atoms with Gasteiger partial charge in [0.2, 0.25) is 5.91 Å². The number of carbonyl (C=O) groups is 1. The summed E-state index contributed by atoms with van der Waals surface area (Å²) in [4.78, 5) is 12.1. The highest BCUT2D eigenvalue weighted by Crippen LogP contribution is 2.30. The number of amides is 1. The minimum atomic E-state index is -1.30. The summed E-state index contributed by atoms with van der Waals surface area (Å²) in [5.74, 6) is 0.606. The van der Waals surface area contributed by atoms with Crippen molar-refractivity contribution in [3.05, 3.63) is 51.9 Å². The quantitative estimate of drug-likeness (QED) is 0.188. The molecule has 0 saturated carbocycles. The summed E-state index contributed by atoms with van der Waals surface area (Å²) >= 11 is 3.13. The number of hydrogen-bond donors (Lipinski definition) is 3. The summed E-state index contributed by atoms with van der Waals surface area (Å²) < 4.78 is 7.78. The molecular weight excluding hydrogens is 509 g/mol. The van der Waals surface area contributed by atoms with Gasteiger partial charge in [0.05, 0.1) is 5.52 Å². The van der Waals surface area contributed by atoms with Crippen molar-refractivity contribution in [3.63, 3.8) is 0 Å². The second-order valence-electron chi connectivity index (χ2n) is 9.67. The molecule has 36 heavy (non-hydrogen) atoms. The highest BCUT2D eigenvalue weighted by Gasteiger charge is 2.16. The Bertz CT molecular complexity index is 1220. The summed E-state index contributed by atoms with van der Waals surface area (Å²) in [6, 6.07) is 11.2. The standard InChI is InChI=1S/C21H29N3O2SSi.C4H5BO2S/c1-5-6-20(25)22-21-18-8-7-16(17-9-11-27-14-17)13-19(18)24(23-21)15-26-10-12-28(2,3)4;6-5(7)4-1-2-8-3-4/h7-9,11,13-14H,5-6,10,12,15H2,1-4H3,(H,22,23,25);1-3,6-7H. The lowest BCUT2D eigenvalue weighted by Gasteiger charge is -2.15. The van der Waals surface area contributed by atoms with Crippen LogP contribution in [0.5, 0.6) is 0 Å². The van der Waals surface area contributed by atoms with E-state index in [9.17, 15) is 4.79 Å². The van der Waals surface area contributed by atoms with Crippen LogP contribution in [0.2, 0.25) is 25.7 Å². The molecule has 0 atom stereocenters. The van der Waals surface area contributed by atoms with Crippen LogP contribution in [0.25, 0.3) is 22.0 Å². The molecular formula is C25H34BN3O4S2Si. The minimum Gasteiger partial charge on any atom is -0.423 e. The number of fused-ring (bicyclic) bond motifs is 1. The molecule has 11 heteroatoms. The monoisotopic (exact) mass is 543 g/mol. The molecule has 3 N–H and O–H groups in total. The Balaban J connectivity index is 0.000000383. The van der Waals surface area contributed by atoms with E-state index in [1.54, 1.807) is 28.2 Å². The van der Waals surface area contributed by atoms with Crippen LogP contribution in [-0.4, -0.2) is 47.5 Å². The molecule has 0 bridgehead atoms.